The third-order valence-corrected chi connectivity index (χ3v) is 3.36. The highest BCUT2D eigenvalue weighted by Gasteiger charge is 2.19. The zero-order chi connectivity index (χ0) is 19.1. The maximum atomic E-state index is 12.2. The third-order valence-electron chi connectivity index (χ3n) is 3.36. The van der Waals surface area contributed by atoms with E-state index in [9.17, 15) is 14.4 Å². The van der Waals surface area contributed by atoms with Crippen LogP contribution in [0.15, 0.2) is 48.5 Å². The van der Waals surface area contributed by atoms with Crippen molar-refractivity contribution in [1.29, 1.82) is 0 Å². The molecule has 1 atom stereocenters. The van der Waals surface area contributed by atoms with Gasteiger partial charge in [0.15, 0.2) is 6.10 Å². The first-order chi connectivity index (χ1) is 12.4. The minimum atomic E-state index is -1.03. The Balaban J connectivity index is 1.99. The fourth-order valence-corrected chi connectivity index (χ4v) is 2.09. The van der Waals surface area contributed by atoms with Gasteiger partial charge in [0.2, 0.25) is 0 Å². The van der Waals surface area contributed by atoms with Crippen molar-refractivity contribution in [2.24, 2.45) is 5.73 Å². The predicted octanol–water partition coefficient (Wildman–Crippen LogP) is 2.37. The van der Waals surface area contributed by atoms with Crippen molar-refractivity contribution in [1.82, 2.24) is 0 Å². The molecule has 0 bridgehead atoms. The number of anilines is 2. The fourth-order valence-electron chi connectivity index (χ4n) is 2.09. The largest absolute Gasteiger partial charge is 0.497 e. The summed E-state index contributed by atoms with van der Waals surface area (Å²) in [5.74, 6) is -0.601. The van der Waals surface area contributed by atoms with Gasteiger partial charge < -0.3 is 25.8 Å². The normalized spacial score (nSPS) is 11.2. The second-order valence-electron chi connectivity index (χ2n) is 5.34. The maximum absolute atomic E-state index is 12.2. The van der Waals surface area contributed by atoms with E-state index in [1.165, 1.54) is 26.2 Å². The van der Waals surface area contributed by atoms with Gasteiger partial charge in [-0.25, -0.2) is 9.59 Å². The van der Waals surface area contributed by atoms with E-state index < -0.39 is 24.0 Å². The molecule has 26 heavy (non-hydrogen) atoms. The average Bonchev–Trinajstić information content (AvgIpc) is 2.61. The summed E-state index contributed by atoms with van der Waals surface area (Å²) in [6.45, 7) is 1.46. The molecule has 0 unspecified atom stereocenters. The predicted molar refractivity (Wildman–Crippen MR) is 96.1 cm³/mol. The van der Waals surface area contributed by atoms with Crippen LogP contribution in [0.1, 0.15) is 17.3 Å². The van der Waals surface area contributed by atoms with Crippen molar-refractivity contribution in [2.75, 3.05) is 17.7 Å². The van der Waals surface area contributed by atoms with Gasteiger partial charge in [-0.15, -0.1) is 0 Å². The molecule has 0 aliphatic heterocycles. The van der Waals surface area contributed by atoms with Gasteiger partial charge >= 0.3 is 12.0 Å². The summed E-state index contributed by atoms with van der Waals surface area (Å²) >= 11 is 0. The Labute approximate surface area is 150 Å². The lowest BCUT2D eigenvalue weighted by Crippen LogP contribution is -2.30. The Morgan fingerprint density at radius 2 is 1.65 bits per heavy atom. The van der Waals surface area contributed by atoms with Crippen LogP contribution in [-0.2, 0) is 9.53 Å². The average molecular weight is 357 g/mol. The Hall–Kier alpha value is -3.55. The number of methoxy groups -OCH3 is 1. The van der Waals surface area contributed by atoms with Crippen LogP contribution in [0.4, 0.5) is 16.2 Å². The van der Waals surface area contributed by atoms with Crippen molar-refractivity contribution in [2.45, 2.75) is 13.0 Å². The van der Waals surface area contributed by atoms with E-state index in [0.717, 1.165) is 0 Å². The van der Waals surface area contributed by atoms with Gasteiger partial charge in [0, 0.05) is 17.4 Å². The third kappa shape index (κ3) is 5.23. The SMILES string of the molecule is COc1cccc(NC(=O)[C@@H](C)OC(=O)c2cccc(NC(N)=O)c2)c1. The van der Waals surface area contributed by atoms with Crippen molar-refractivity contribution in [3.63, 3.8) is 0 Å². The number of benzene rings is 2. The molecule has 4 N–H and O–H groups in total. The van der Waals surface area contributed by atoms with Gasteiger partial charge in [-0.1, -0.05) is 12.1 Å². The van der Waals surface area contributed by atoms with E-state index in [0.29, 0.717) is 17.1 Å². The first-order valence-electron chi connectivity index (χ1n) is 7.71. The van der Waals surface area contributed by atoms with Crippen LogP contribution in [0.5, 0.6) is 5.75 Å². The molecule has 0 heterocycles. The number of hydrogen-bond donors (Lipinski definition) is 3. The minimum absolute atomic E-state index is 0.178. The summed E-state index contributed by atoms with van der Waals surface area (Å²) in [7, 11) is 1.52. The molecule has 0 fully saturated rings. The lowest BCUT2D eigenvalue weighted by molar-refractivity contribution is -0.123. The van der Waals surface area contributed by atoms with E-state index in [1.54, 1.807) is 36.4 Å². The molecule has 8 nitrogen and oxygen atoms in total. The molecule has 0 aliphatic rings. The Morgan fingerprint density at radius 3 is 2.31 bits per heavy atom. The molecule has 0 aliphatic carbocycles. The molecular weight excluding hydrogens is 338 g/mol. The second-order valence-corrected chi connectivity index (χ2v) is 5.34. The molecule has 2 rings (SSSR count). The summed E-state index contributed by atoms with van der Waals surface area (Å²) in [6, 6.07) is 12.1. The molecule has 0 radical (unpaired) electrons. The highest BCUT2D eigenvalue weighted by molar-refractivity contribution is 5.98. The summed E-state index contributed by atoms with van der Waals surface area (Å²) in [5, 5.41) is 5.00. The van der Waals surface area contributed by atoms with Gasteiger partial charge in [0.05, 0.1) is 12.7 Å². The quantitative estimate of drug-likeness (QED) is 0.686. The molecule has 0 saturated carbocycles. The topological polar surface area (TPSA) is 120 Å². The molecule has 0 saturated heterocycles. The summed E-state index contributed by atoms with van der Waals surface area (Å²) in [5.41, 5.74) is 6.08. The van der Waals surface area contributed by atoms with Gasteiger partial charge in [-0.05, 0) is 37.3 Å². The number of ether oxygens (including phenoxy) is 2. The number of rotatable bonds is 6. The highest BCUT2D eigenvalue weighted by Crippen LogP contribution is 2.17. The fraction of sp³-hybridized carbons (Fsp3) is 0.167. The Morgan fingerprint density at radius 1 is 1.00 bits per heavy atom. The second kappa shape index (κ2) is 8.52. The molecule has 2 aromatic rings. The number of urea groups is 1. The van der Waals surface area contributed by atoms with Crippen molar-refractivity contribution in [3.05, 3.63) is 54.1 Å². The van der Waals surface area contributed by atoms with Crippen molar-refractivity contribution >= 4 is 29.3 Å². The maximum Gasteiger partial charge on any atom is 0.338 e. The molecule has 3 amide bonds. The van der Waals surface area contributed by atoms with Crippen LogP contribution in [0.2, 0.25) is 0 Å². The van der Waals surface area contributed by atoms with E-state index >= 15 is 0 Å². The van der Waals surface area contributed by atoms with E-state index in [2.05, 4.69) is 10.6 Å². The number of esters is 1. The van der Waals surface area contributed by atoms with Gasteiger partial charge in [-0.2, -0.15) is 0 Å². The van der Waals surface area contributed by atoms with E-state index in [4.69, 9.17) is 15.2 Å². The van der Waals surface area contributed by atoms with Crippen molar-refractivity contribution in [3.8, 4) is 5.75 Å². The van der Waals surface area contributed by atoms with Crippen LogP contribution in [-0.4, -0.2) is 31.1 Å². The number of hydrogen-bond acceptors (Lipinski definition) is 5. The summed E-state index contributed by atoms with van der Waals surface area (Å²) in [6.07, 6.45) is -1.03. The molecule has 0 spiro atoms. The van der Waals surface area contributed by atoms with E-state index in [1.807, 2.05) is 0 Å². The molecule has 8 heteroatoms. The highest BCUT2D eigenvalue weighted by atomic mass is 16.5. The zero-order valence-corrected chi connectivity index (χ0v) is 14.3. The van der Waals surface area contributed by atoms with E-state index in [-0.39, 0.29) is 5.56 Å². The van der Waals surface area contributed by atoms with Crippen molar-refractivity contribution < 1.29 is 23.9 Å². The molecule has 2 aromatic carbocycles. The minimum Gasteiger partial charge on any atom is -0.497 e. The Bertz CT molecular complexity index is 822. The van der Waals surface area contributed by atoms with Gasteiger partial charge in [-0.3, -0.25) is 4.79 Å². The number of nitrogens with one attached hydrogen (secondary N) is 2. The molecule has 136 valence electrons. The van der Waals surface area contributed by atoms with Crippen LogP contribution in [0.3, 0.4) is 0 Å². The lowest BCUT2D eigenvalue weighted by Gasteiger charge is -2.14. The zero-order valence-electron chi connectivity index (χ0n) is 14.3. The number of nitrogens with two attached hydrogens (primary N) is 1. The first-order valence-corrected chi connectivity index (χ1v) is 7.71. The Kier molecular flexibility index (Phi) is 6.15. The first kappa shape index (κ1) is 18.8. The van der Waals surface area contributed by atoms with Crippen LogP contribution < -0.4 is 21.1 Å². The molecular formula is C18H19N3O5. The van der Waals surface area contributed by atoms with Crippen LogP contribution in [0.25, 0.3) is 0 Å². The number of primary amides is 1. The lowest BCUT2D eigenvalue weighted by atomic mass is 10.2. The standard InChI is InChI=1S/C18H19N3O5/c1-11(16(22)20-14-7-4-8-15(10-14)25-2)26-17(23)12-5-3-6-13(9-12)21-18(19)24/h3-11H,1-2H3,(H,20,22)(H3,19,21,24)/t11-/m1/s1. The van der Waals surface area contributed by atoms with Crippen LogP contribution in [0, 0.1) is 0 Å². The van der Waals surface area contributed by atoms with Gasteiger partial charge in [0.25, 0.3) is 5.91 Å². The van der Waals surface area contributed by atoms with Crippen LogP contribution >= 0.6 is 0 Å². The smallest absolute Gasteiger partial charge is 0.338 e. The summed E-state index contributed by atoms with van der Waals surface area (Å²) < 4.78 is 10.2. The molecule has 0 aromatic heterocycles. The van der Waals surface area contributed by atoms with Gasteiger partial charge in [0.1, 0.15) is 5.75 Å². The number of amides is 3. The monoisotopic (exact) mass is 357 g/mol. The number of carbonyl (C=O) groups excluding carboxylic acids is 3. The summed E-state index contributed by atoms with van der Waals surface area (Å²) in [4.78, 5) is 35.2. The number of carbonyl (C=O) groups is 3.